The number of rotatable bonds is 2. The van der Waals surface area contributed by atoms with Gasteiger partial charge in [-0.1, -0.05) is 6.07 Å². The van der Waals surface area contributed by atoms with Crippen molar-refractivity contribution >= 4 is 27.8 Å². The second-order valence-electron chi connectivity index (χ2n) is 4.09. The van der Waals surface area contributed by atoms with Crippen molar-refractivity contribution in [2.75, 3.05) is 20.1 Å². The Kier molecular flexibility index (Phi) is 4.41. The minimum atomic E-state index is 0.534. The lowest BCUT2D eigenvalue weighted by atomic mass is 10.0. The standard InChI is InChI=1S/C12H12N2OS.CH5N/c15-7-10-5-8-1-2-11(14-12(8)16-10)9-3-4-13-6-9;1-2/h1-2,5,7,9,13H,3-4,6H2;2H2,1H3. The first-order chi connectivity index (χ1) is 8.86. The predicted octanol–water partition coefficient (Wildman–Crippen LogP) is 1.76. The third-order valence-corrected chi connectivity index (χ3v) is 3.99. The van der Waals surface area contributed by atoms with Crippen molar-refractivity contribution in [1.29, 1.82) is 0 Å². The average molecular weight is 263 g/mol. The number of thiophene rings is 1. The highest BCUT2D eigenvalue weighted by Gasteiger charge is 2.18. The van der Waals surface area contributed by atoms with E-state index in [-0.39, 0.29) is 0 Å². The fourth-order valence-electron chi connectivity index (χ4n) is 2.14. The van der Waals surface area contributed by atoms with Crippen LogP contribution in [0.25, 0.3) is 10.2 Å². The maximum atomic E-state index is 10.7. The van der Waals surface area contributed by atoms with Gasteiger partial charge in [-0.25, -0.2) is 4.98 Å². The zero-order valence-corrected chi connectivity index (χ0v) is 11.2. The molecule has 1 atom stereocenters. The van der Waals surface area contributed by atoms with Gasteiger partial charge in [0.2, 0.25) is 0 Å². The molecule has 0 aromatic carbocycles. The Morgan fingerprint density at radius 3 is 3.00 bits per heavy atom. The molecule has 1 unspecified atom stereocenters. The molecule has 3 N–H and O–H groups in total. The molecule has 0 saturated carbocycles. The van der Waals surface area contributed by atoms with Gasteiger partial charge in [0.05, 0.1) is 4.88 Å². The number of hydrogen-bond acceptors (Lipinski definition) is 5. The van der Waals surface area contributed by atoms with Crippen molar-refractivity contribution < 1.29 is 4.79 Å². The number of carbonyl (C=O) groups is 1. The van der Waals surface area contributed by atoms with Gasteiger partial charge in [-0.3, -0.25) is 4.79 Å². The largest absolute Gasteiger partial charge is 0.333 e. The average Bonchev–Trinajstić information content (AvgIpc) is 3.08. The molecule has 0 radical (unpaired) electrons. The number of nitrogens with one attached hydrogen (secondary N) is 1. The first-order valence-corrected chi connectivity index (χ1v) is 6.82. The van der Waals surface area contributed by atoms with Crippen LogP contribution in [-0.4, -0.2) is 31.4 Å². The molecule has 1 aliphatic heterocycles. The Morgan fingerprint density at radius 2 is 2.33 bits per heavy atom. The lowest BCUT2D eigenvalue weighted by Crippen LogP contribution is -2.08. The molecular formula is C13H17N3OS. The maximum Gasteiger partial charge on any atom is 0.160 e. The van der Waals surface area contributed by atoms with E-state index in [0.717, 1.165) is 46.6 Å². The maximum absolute atomic E-state index is 10.7. The number of hydrogen-bond donors (Lipinski definition) is 2. The highest BCUT2D eigenvalue weighted by Crippen LogP contribution is 2.27. The first kappa shape index (κ1) is 13.1. The lowest BCUT2D eigenvalue weighted by molar-refractivity contribution is 0.112. The SMILES string of the molecule is CN.O=Cc1cc2ccc(C3CCNC3)nc2s1. The lowest BCUT2D eigenvalue weighted by Gasteiger charge is -2.06. The van der Waals surface area contributed by atoms with Crippen LogP contribution in [0, 0.1) is 0 Å². The van der Waals surface area contributed by atoms with Gasteiger partial charge in [0.1, 0.15) is 4.83 Å². The smallest absolute Gasteiger partial charge is 0.160 e. The Morgan fingerprint density at radius 1 is 1.50 bits per heavy atom. The van der Waals surface area contributed by atoms with Crippen LogP contribution >= 0.6 is 11.3 Å². The van der Waals surface area contributed by atoms with Gasteiger partial charge < -0.3 is 11.1 Å². The molecule has 5 heteroatoms. The van der Waals surface area contributed by atoms with Gasteiger partial charge in [0.15, 0.2) is 6.29 Å². The molecule has 2 aromatic heterocycles. The van der Waals surface area contributed by atoms with E-state index in [0.29, 0.717) is 5.92 Å². The van der Waals surface area contributed by atoms with Crippen molar-refractivity contribution in [1.82, 2.24) is 10.3 Å². The minimum absolute atomic E-state index is 0.534. The summed E-state index contributed by atoms with van der Waals surface area (Å²) in [5, 5.41) is 4.41. The Hall–Kier alpha value is -1.30. The van der Waals surface area contributed by atoms with Crippen LogP contribution in [0.15, 0.2) is 18.2 Å². The van der Waals surface area contributed by atoms with Crippen LogP contribution in [0.1, 0.15) is 27.7 Å². The topological polar surface area (TPSA) is 68.0 Å². The molecule has 3 rings (SSSR count). The molecule has 18 heavy (non-hydrogen) atoms. The van der Waals surface area contributed by atoms with Crippen LogP contribution < -0.4 is 11.1 Å². The summed E-state index contributed by atoms with van der Waals surface area (Å²) in [4.78, 5) is 17.1. The fourth-order valence-corrected chi connectivity index (χ4v) is 3.00. The summed E-state index contributed by atoms with van der Waals surface area (Å²) in [6.07, 6.45) is 2.05. The van der Waals surface area contributed by atoms with Gasteiger partial charge >= 0.3 is 0 Å². The molecule has 0 amide bonds. The van der Waals surface area contributed by atoms with Crippen molar-refractivity contribution in [3.63, 3.8) is 0 Å². The molecule has 1 aliphatic rings. The molecule has 4 nitrogen and oxygen atoms in total. The normalized spacial score (nSPS) is 18.4. The molecule has 2 aromatic rings. The van der Waals surface area contributed by atoms with Gasteiger partial charge in [-0.15, -0.1) is 11.3 Å². The van der Waals surface area contributed by atoms with Crippen molar-refractivity contribution in [2.24, 2.45) is 5.73 Å². The number of pyridine rings is 1. The molecule has 1 saturated heterocycles. The molecule has 0 spiro atoms. The Balaban J connectivity index is 0.000000574. The predicted molar refractivity (Wildman–Crippen MR) is 75.3 cm³/mol. The zero-order valence-electron chi connectivity index (χ0n) is 10.3. The number of aromatic nitrogens is 1. The monoisotopic (exact) mass is 263 g/mol. The first-order valence-electron chi connectivity index (χ1n) is 6.01. The fraction of sp³-hybridized carbons (Fsp3) is 0.385. The zero-order chi connectivity index (χ0) is 13.0. The molecule has 0 bridgehead atoms. The summed E-state index contributed by atoms with van der Waals surface area (Å²) in [6.45, 7) is 2.10. The van der Waals surface area contributed by atoms with Gasteiger partial charge in [-0.05, 0) is 32.1 Å². The van der Waals surface area contributed by atoms with E-state index in [1.165, 1.54) is 18.4 Å². The third kappa shape index (κ3) is 2.58. The summed E-state index contributed by atoms with van der Waals surface area (Å²) in [5.74, 6) is 0.534. The highest BCUT2D eigenvalue weighted by atomic mass is 32.1. The Bertz CT molecular complexity index is 532. The second kappa shape index (κ2) is 6.04. The quantitative estimate of drug-likeness (QED) is 0.810. The van der Waals surface area contributed by atoms with Crippen molar-refractivity contribution in [3.05, 3.63) is 28.8 Å². The summed E-state index contributed by atoms with van der Waals surface area (Å²) in [7, 11) is 1.50. The van der Waals surface area contributed by atoms with Crippen LogP contribution in [0.4, 0.5) is 0 Å². The molecule has 0 aliphatic carbocycles. The number of carbonyl (C=O) groups excluding carboxylic acids is 1. The Labute approximate surface area is 110 Å². The van der Waals surface area contributed by atoms with E-state index in [9.17, 15) is 4.79 Å². The van der Waals surface area contributed by atoms with Crippen molar-refractivity contribution in [2.45, 2.75) is 12.3 Å². The van der Waals surface area contributed by atoms with Crippen molar-refractivity contribution in [3.8, 4) is 0 Å². The van der Waals surface area contributed by atoms with Gasteiger partial charge in [0, 0.05) is 23.5 Å². The van der Waals surface area contributed by atoms with E-state index in [4.69, 9.17) is 0 Å². The number of nitrogens with zero attached hydrogens (tertiary/aromatic N) is 1. The molecule has 3 heterocycles. The van der Waals surface area contributed by atoms with E-state index in [1.807, 2.05) is 6.07 Å². The van der Waals surface area contributed by atoms with Crippen LogP contribution in [0.2, 0.25) is 0 Å². The van der Waals surface area contributed by atoms with Crippen LogP contribution in [-0.2, 0) is 0 Å². The van der Waals surface area contributed by atoms with Gasteiger partial charge in [0.25, 0.3) is 0 Å². The van der Waals surface area contributed by atoms with E-state index in [2.05, 4.69) is 28.2 Å². The van der Waals surface area contributed by atoms with Gasteiger partial charge in [-0.2, -0.15) is 0 Å². The van der Waals surface area contributed by atoms with E-state index >= 15 is 0 Å². The highest BCUT2D eigenvalue weighted by molar-refractivity contribution is 7.20. The minimum Gasteiger partial charge on any atom is -0.333 e. The summed E-state index contributed by atoms with van der Waals surface area (Å²) < 4.78 is 0. The number of aldehydes is 1. The van der Waals surface area contributed by atoms with Crippen LogP contribution in [0.5, 0.6) is 0 Å². The third-order valence-electron chi connectivity index (χ3n) is 3.02. The van der Waals surface area contributed by atoms with Crippen LogP contribution in [0.3, 0.4) is 0 Å². The number of nitrogens with two attached hydrogens (primary N) is 1. The molecule has 96 valence electrons. The number of fused-ring (bicyclic) bond motifs is 1. The molecular weight excluding hydrogens is 246 g/mol. The summed E-state index contributed by atoms with van der Waals surface area (Å²) in [5.41, 5.74) is 5.65. The second-order valence-corrected chi connectivity index (χ2v) is 5.15. The van der Waals surface area contributed by atoms with E-state index < -0.39 is 0 Å². The summed E-state index contributed by atoms with van der Waals surface area (Å²) in [6, 6.07) is 6.05. The summed E-state index contributed by atoms with van der Waals surface area (Å²) >= 11 is 1.47. The van der Waals surface area contributed by atoms with E-state index in [1.54, 1.807) is 0 Å². The molecule has 1 fully saturated rings.